The van der Waals surface area contributed by atoms with Crippen molar-refractivity contribution >= 4 is 86.9 Å². The zero-order valence-electron chi connectivity index (χ0n) is 9.89. The Kier molecular flexibility index (Phi) is 9.18. The average molecular weight is 571 g/mol. The molecule has 0 saturated carbocycles. The van der Waals surface area contributed by atoms with E-state index >= 15 is 0 Å². The number of nitrogens with zero attached hydrogens (tertiary/aromatic N) is 2. The van der Waals surface area contributed by atoms with Gasteiger partial charge >= 0.3 is 0 Å². The topological polar surface area (TPSA) is 25.8 Å². The lowest BCUT2D eigenvalue weighted by Gasteiger charge is -1.97. The minimum atomic E-state index is 0.686. The van der Waals surface area contributed by atoms with E-state index in [0.717, 1.165) is 20.6 Å². The highest BCUT2D eigenvalue weighted by molar-refractivity contribution is 9.10. The smallest absolute Gasteiger partial charge is 0.106 e. The second kappa shape index (κ2) is 9.74. The summed E-state index contributed by atoms with van der Waals surface area (Å²) >= 11 is 24.6. The highest BCUT2D eigenvalue weighted by Crippen LogP contribution is 2.19. The van der Waals surface area contributed by atoms with Crippen molar-refractivity contribution in [3.63, 3.8) is 0 Å². The molecule has 0 aliphatic carbocycles. The standard InChI is InChI=1S/2C6H4Br2ClN/c2*7-3-5-4(9)1-2-6(8)10-5/h2*1-2H,3H2. The summed E-state index contributed by atoms with van der Waals surface area (Å²) in [4.78, 5) is 8.26. The third-order valence-corrected chi connectivity index (χ3v) is 4.66. The van der Waals surface area contributed by atoms with Gasteiger partial charge in [-0.15, -0.1) is 0 Å². The molecule has 0 atom stereocenters. The van der Waals surface area contributed by atoms with E-state index in [-0.39, 0.29) is 0 Å². The summed E-state index contributed by atoms with van der Waals surface area (Å²) in [5, 5.41) is 2.76. The van der Waals surface area contributed by atoms with E-state index in [0.29, 0.717) is 20.7 Å². The summed E-state index contributed by atoms with van der Waals surface area (Å²) in [6.07, 6.45) is 0. The Bertz CT molecular complexity index is 530. The molecule has 0 bridgehead atoms. The first-order chi connectivity index (χ1) is 9.47. The number of alkyl halides is 2. The van der Waals surface area contributed by atoms with Gasteiger partial charge in [-0.05, 0) is 56.1 Å². The Balaban J connectivity index is 0.000000200. The van der Waals surface area contributed by atoms with Crippen molar-refractivity contribution in [1.29, 1.82) is 0 Å². The van der Waals surface area contributed by atoms with Crippen LogP contribution in [0.3, 0.4) is 0 Å². The minimum absolute atomic E-state index is 0.686. The second-order valence-electron chi connectivity index (χ2n) is 3.39. The van der Waals surface area contributed by atoms with Crippen molar-refractivity contribution in [3.05, 3.63) is 54.9 Å². The maximum Gasteiger partial charge on any atom is 0.106 e. The molecule has 0 radical (unpaired) electrons. The molecule has 2 rings (SSSR count). The van der Waals surface area contributed by atoms with Gasteiger partial charge < -0.3 is 0 Å². The van der Waals surface area contributed by atoms with E-state index < -0.39 is 0 Å². The van der Waals surface area contributed by atoms with Crippen LogP contribution in [-0.2, 0) is 10.7 Å². The van der Waals surface area contributed by atoms with Crippen molar-refractivity contribution in [1.82, 2.24) is 9.97 Å². The van der Waals surface area contributed by atoms with Gasteiger partial charge in [-0.25, -0.2) is 9.97 Å². The van der Waals surface area contributed by atoms with Crippen LogP contribution in [0.1, 0.15) is 11.4 Å². The fourth-order valence-corrected chi connectivity index (χ4v) is 3.32. The van der Waals surface area contributed by atoms with Crippen molar-refractivity contribution < 1.29 is 0 Å². The number of hydrogen-bond acceptors (Lipinski definition) is 2. The molecule has 0 N–H and O–H groups in total. The third kappa shape index (κ3) is 6.28. The van der Waals surface area contributed by atoms with E-state index in [1.165, 1.54) is 0 Å². The van der Waals surface area contributed by atoms with Gasteiger partial charge in [0.1, 0.15) is 9.21 Å². The van der Waals surface area contributed by atoms with Gasteiger partial charge in [-0.1, -0.05) is 55.1 Å². The van der Waals surface area contributed by atoms with E-state index in [9.17, 15) is 0 Å². The third-order valence-electron chi connectivity index (χ3n) is 2.02. The maximum absolute atomic E-state index is 5.78. The van der Waals surface area contributed by atoms with Crippen LogP contribution in [0, 0.1) is 0 Å². The Morgan fingerprint density at radius 3 is 1.35 bits per heavy atom. The van der Waals surface area contributed by atoms with Crippen LogP contribution >= 0.6 is 86.9 Å². The van der Waals surface area contributed by atoms with Crippen LogP contribution < -0.4 is 0 Å². The number of aromatic nitrogens is 2. The number of rotatable bonds is 2. The Morgan fingerprint density at radius 2 is 1.10 bits per heavy atom. The highest BCUT2D eigenvalue weighted by atomic mass is 79.9. The lowest BCUT2D eigenvalue weighted by molar-refractivity contribution is 1.15. The lowest BCUT2D eigenvalue weighted by atomic mass is 10.4. The molecule has 0 unspecified atom stereocenters. The number of halogens is 6. The number of pyridine rings is 2. The maximum atomic E-state index is 5.78. The predicted molar refractivity (Wildman–Crippen MR) is 99.2 cm³/mol. The molecule has 0 fully saturated rings. The molecule has 0 saturated heterocycles. The summed E-state index contributed by atoms with van der Waals surface area (Å²) in [6, 6.07) is 7.26. The van der Waals surface area contributed by atoms with E-state index in [1.807, 2.05) is 24.3 Å². The monoisotopic (exact) mass is 566 g/mol. The Morgan fingerprint density at radius 1 is 0.750 bits per heavy atom. The van der Waals surface area contributed by atoms with Crippen LogP contribution in [0.5, 0.6) is 0 Å². The van der Waals surface area contributed by atoms with E-state index in [2.05, 4.69) is 73.7 Å². The van der Waals surface area contributed by atoms with Gasteiger partial charge in [0.2, 0.25) is 0 Å². The zero-order chi connectivity index (χ0) is 15.1. The SMILES string of the molecule is Clc1ccc(Br)nc1CBr.Clc1ccc(Br)nc1CBr. The molecule has 0 amide bonds. The van der Waals surface area contributed by atoms with Crippen LogP contribution in [0.4, 0.5) is 0 Å². The molecule has 0 spiro atoms. The van der Waals surface area contributed by atoms with Crippen molar-refractivity contribution in [2.24, 2.45) is 0 Å². The van der Waals surface area contributed by atoms with Gasteiger partial charge in [0, 0.05) is 10.7 Å². The van der Waals surface area contributed by atoms with Crippen LogP contribution in [0.2, 0.25) is 10.0 Å². The zero-order valence-corrected chi connectivity index (χ0v) is 17.7. The molecule has 0 aromatic carbocycles. The van der Waals surface area contributed by atoms with Crippen LogP contribution in [-0.4, -0.2) is 9.97 Å². The molecular weight excluding hydrogens is 563 g/mol. The molecular formula is C12H8Br4Cl2N2. The van der Waals surface area contributed by atoms with Gasteiger partial charge in [-0.2, -0.15) is 0 Å². The molecule has 2 nitrogen and oxygen atoms in total. The fourth-order valence-electron chi connectivity index (χ4n) is 1.10. The molecule has 20 heavy (non-hydrogen) atoms. The highest BCUT2D eigenvalue weighted by Gasteiger charge is 2.00. The second-order valence-corrected chi connectivity index (χ2v) is 6.95. The molecule has 2 aromatic heterocycles. The lowest BCUT2D eigenvalue weighted by Crippen LogP contribution is -1.85. The molecule has 2 aromatic rings. The summed E-state index contributed by atoms with van der Waals surface area (Å²) in [5.41, 5.74) is 1.71. The summed E-state index contributed by atoms with van der Waals surface area (Å²) in [5.74, 6) is 0. The quantitative estimate of drug-likeness (QED) is 0.294. The first-order valence-electron chi connectivity index (χ1n) is 5.21. The fraction of sp³-hybridized carbons (Fsp3) is 0.167. The van der Waals surface area contributed by atoms with Gasteiger partial charge in [0.05, 0.1) is 21.4 Å². The van der Waals surface area contributed by atoms with Gasteiger partial charge in [-0.3, -0.25) is 0 Å². The first-order valence-corrected chi connectivity index (χ1v) is 9.80. The first kappa shape index (κ1) is 18.8. The molecule has 0 aliphatic rings. The van der Waals surface area contributed by atoms with Crippen LogP contribution in [0.15, 0.2) is 33.5 Å². The minimum Gasteiger partial charge on any atom is -0.244 e. The van der Waals surface area contributed by atoms with Crippen molar-refractivity contribution in [2.75, 3.05) is 0 Å². The van der Waals surface area contributed by atoms with E-state index in [4.69, 9.17) is 23.2 Å². The van der Waals surface area contributed by atoms with E-state index in [1.54, 1.807) is 0 Å². The van der Waals surface area contributed by atoms with Gasteiger partial charge in [0.15, 0.2) is 0 Å². The summed E-state index contributed by atoms with van der Waals surface area (Å²) < 4.78 is 1.62. The molecule has 0 aliphatic heterocycles. The normalized spacial score (nSPS) is 9.90. The molecule has 8 heteroatoms. The van der Waals surface area contributed by atoms with Crippen LogP contribution in [0.25, 0.3) is 0 Å². The molecule has 108 valence electrons. The Labute approximate surface area is 161 Å². The predicted octanol–water partition coefficient (Wildman–Crippen LogP) is 6.78. The summed E-state index contributed by atoms with van der Waals surface area (Å²) in [6.45, 7) is 0. The molecule has 2 heterocycles. The van der Waals surface area contributed by atoms with Crippen molar-refractivity contribution in [2.45, 2.75) is 10.7 Å². The van der Waals surface area contributed by atoms with Crippen molar-refractivity contribution in [3.8, 4) is 0 Å². The average Bonchev–Trinajstić information content (AvgIpc) is 2.44. The Hall–Kier alpha value is 0.800. The summed E-state index contributed by atoms with van der Waals surface area (Å²) in [7, 11) is 0. The largest absolute Gasteiger partial charge is 0.244 e. The van der Waals surface area contributed by atoms with Gasteiger partial charge in [0.25, 0.3) is 0 Å². The number of hydrogen-bond donors (Lipinski definition) is 0.